The molecule has 110 valence electrons. The van der Waals surface area contributed by atoms with Crippen molar-refractivity contribution in [3.05, 3.63) is 48.0 Å². The Morgan fingerprint density at radius 2 is 2.24 bits per heavy atom. The van der Waals surface area contributed by atoms with Crippen molar-refractivity contribution in [1.29, 1.82) is 0 Å². The van der Waals surface area contributed by atoms with Crippen LogP contribution < -0.4 is 5.32 Å². The zero-order chi connectivity index (χ0) is 15.1. The molecule has 7 heteroatoms. The third kappa shape index (κ3) is 4.35. The van der Waals surface area contributed by atoms with E-state index >= 15 is 0 Å². The number of esters is 1. The maximum Gasteiger partial charge on any atom is 0.341 e. The average molecular weight is 306 g/mol. The van der Waals surface area contributed by atoms with Gasteiger partial charge in [-0.2, -0.15) is 0 Å². The van der Waals surface area contributed by atoms with Gasteiger partial charge in [0.25, 0.3) is 5.91 Å². The number of pyridine rings is 1. The summed E-state index contributed by atoms with van der Waals surface area (Å²) in [6.07, 6.45) is 4.93. The second-order valence-corrected chi connectivity index (χ2v) is 4.79. The first kappa shape index (κ1) is 15.1. The van der Waals surface area contributed by atoms with Crippen LogP contribution in [0, 0.1) is 0 Å². The quantitative estimate of drug-likeness (QED) is 0.648. The Hall–Kier alpha value is -2.28. The van der Waals surface area contributed by atoms with Crippen LogP contribution in [0.2, 0.25) is 0 Å². The summed E-state index contributed by atoms with van der Waals surface area (Å²) in [5, 5.41) is 3.16. The Kier molecular flexibility index (Phi) is 5.39. The van der Waals surface area contributed by atoms with Gasteiger partial charge in [-0.3, -0.25) is 4.79 Å². The van der Waals surface area contributed by atoms with Gasteiger partial charge in [-0.05, 0) is 30.5 Å². The van der Waals surface area contributed by atoms with Crippen molar-refractivity contribution in [2.75, 3.05) is 12.9 Å². The summed E-state index contributed by atoms with van der Waals surface area (Å²) in [5.74, 6) is -0.332. The number of aromatic nitrogens is 1. The molecule has 2 aromatic rings. The van der Waals surface area contributed by atoms with Crippen molar-refractivity contribution in [3.63, 3.8) is 0 Å². The molecule has 0 atom stereocenters. The van der Waals surface area contributed by atoms with Gasteiger partial charge in [0.2, 0.25) is 0 Å². The highest BCUT2D eigenvalue weighted by Gasteiger charge is 2.14. The van der Waals surface area contributed by atoms with Crippen molar-refractivity contribution in [2.24, 2.45) is 0 Å². The van der Waals surface area contributed by atoms with E-state index in [1.807, 2.05) is 6.26 Å². The monoisotopic (exact) mass is 306 g/mol. The lowest BCUT2D eigenvalue weighted by atomic mass is 10.3. The van der Waals surface area contributed by atoms with E-state index in [9.17, 15) is 9.59 Å². The highest BCUT2D eigenvalue weighted by atomic mass is 32.2. The predicted octanol–water partition coefficient (Wildman–Crippen LogP) is 1.87. The molecule has 1 N–H and O–H groups in total. The predicted molar refractivity (Wildman–Crippen MR) is 76.9 cm³/mol. The van der Waals surface area contributed by atoms with Crippen molar-refractivity contribution in [1.82, 2.24) is 10.3 Å². The number of hydrogen-bond acceptors (Lipinski definition) is 6. The summed E-state index contributed by atoms with van der Waals surface area (Å²) in [5.41, 5.74) is 0.351. The Labute approximate surface area is 125 Å². The fourth-order valence-corrected chi connectivity index (χ4v) is 2.11. The Balaban J connectivity index is 1.82. The van der Waals surface area contributed by atoms with Crippen molar-refractivity contribution < 1.29 is 18.7 Å². The lowest BCUT2D eigenvalue weighted by Gasteiger charge is -2.07. The second-order valence-electron chi connectivity index (χ2n) is 3.99. The van der Waals surface area contributed by atoms with Crippen LogP contribution in [0.25, 0.3) is 0 Å². The van der Waals surface area contributed by atoms with E-state index in [2.05, 4.69) is 10.3 Å². The molecule has 0 fully saturated rings. The summed E-state index contributed by atoms with van der Waals surface area (Å²) < 4.78 is 10.0. The number of nitrogens with one attached hydrogen (secondary N) is 1. The minimum atomic E-state index is -0.569. The fourth-order valence-electron chi connectivity index (χ4n) is 1.57. The van der Waals surface area contributed by atoms with Gasteiger partial charge >= 0.3 is 5.97 Å². The van der Waals surface area contributed by atoms with E-state index in [1.165, 1.54) is 18.0 Å². The van der Waals surface area contributed by atoms with Crippen LogP contribution in [0.3, 0.4) is 0 Å². The number of nitrogens with zero attached hydrogens (tertiary/aromatic N) is 1. The normalized spacial score (nSPS) is 10.1. The summed E-state index contributed by atoms with van der Waals surface area (Å²) in [6, 6.07) is 6.73. The first-order chi connectivity index (χ1) is 10.2. The van der Waals surface area contributed by atoms with Gasteiger partial charge in [-0.1, -0.05) is 0 Å². The topological polar surface area (TPSA) is 81.4 Å². The molecule has 1 amide bonds. The van der Waals surface area contributed by atoms with Crippen molar-refractivity contribution in [3.8, 4) is 0 Å². The third-order valence-corrected chi connectivity index (χ3v) is 3.27. The van der Waals surface area contributed by atoms with Crippen molar-refractivity contribution >= 4 is 23.6 Å². The van der Waals surface area contributed by atoms with Crippen LogP contribution in [-0.4, -0.2) is 29.7 Å². The van der Waals surface area contributed by atoms with Gasteiger partial charge in [0.1, 0.15) is 10.8 Å². The highest BCUT2D eigenvalue weighted by molar-refractivity contribution is 7.98. The van der Waals surface area contributed by atoms with Crippen LogP contribution in [-0.2, 0) is 16.1 Å². The minimum absolute atomic E-state index is 0.256. The lowest BCUT2D eigenvalue weighted by molar-refractivity contribution is -0.124. The summed E-state index contributed by atoms with van der Waals surface area (Å²) in [7, 11) is 0. The van der Waals surface area contributed by atoms with E-state index in [0.29, 0.717) is 16.3 Å². The highest BCUT2D eigenvalue weighted by Crippen LogP contribution is 2.17. The summed E-state index contributed by atoms with van der Waals surface area (Å²) in [4.78, 5) is 27.5. The number of carbonyl (C=O) groups is 2. The van der Waals surface area contributed by atoms with Crippen LogP contribution in [0.5, 0.6) is 0 Å². The van der Waals surface area contributed by atoms with Gasteiger partial charge in [-0.15, -0.1) is 11.8 Å². The van der Waals surface area contributed by atoms with Gasteiger partial charge < -0.3 is 14.5 Å². The van der Waals surface area contributed by atoms with E-state index in [4.69, 9.17) is 9.15 Å². The molecule has 0 aliphatic rings. The zero-order valence-electron chi connectivity index (χ0n) is 11.4. The number of amides is 1. The molecule has 0 radical (unpaired) electrons. The average Bonchev–Trinajstić information content (AvgIpc) is 3.04. The van der Waals surface area contributed by atoms with Crippen LogP contribution in [0.15, 0.2) is 46.2 Å². The molecule has 2 heterocycles. The van der Waals surface area contributed by atoms with E-state index in [0.717, 1.165) is 0 Å². The molecular weight excluding hydrogens is 292 g/mol. The van der Waals surface area contributed by atoms with E-state index < -0.39 is 11.9 Å². The third-order valence-electron chi connectivity index (χ3n) is 2.56. The molecule has 0 bridgehead atoms. The van der Waals surface area contributed by atoms with Gasteiger partial charge in [-0.25, -0.2) is 9.78 Å². The number of furan rings is 1. The maximum absolute atomic E-state index is 11.9. The number of rotatable bonds is 6. The number of ether oxygens (including phenoxy) is 1. The summed E-state index contributed by atoms with van der Waals surface area (Å²) >= 11 is 1.34. The first-order valence-electron chi connectivity index (χ1n) is 6.16. The summed E-state index contributed by atoms with van der Waals surface area (Å²) in [6.45, 7) is -0.0887. The fraction of sp³-hybridized carbons (Fsp3) is 0.214. The molecule has 6 nitrogen and oxygen atoms in total. The Morgan fingerprint density at radius 1 is 1.38 bits per heavy atom. The number of hydrogen-bond donors (Lipinski definition) is 1. The van der Waals surface area contributed by atoms with Gasteiger partial charge in [0.15, 0.2) is 6.61 Å². The van der Waals surface area contributed by atoms with Gasteiger partial charge in [0.05, 0.1) is 18.4 Å². The molecule has 0 unspecified atom stereocenters. The van der Waals surface area contributed by atoms with Crippen LogP contribution in [0.1, 0.15) is 16.1 Å². The smallest absolute Gasteiger partial charge is 0.341 e. The molecule has 2 aromatic heterocycles. The SMILES string of the molecule is CSc1ncccc1C(=O)OCC(=O)NCc1ccco1. The van der Waals surface area contributed by atoms with Crippen LogP contribution in [0.4, 0.5) is 0 Å². The van der Waals surface area contributed by atoms with Gasteiger partial charge in [0, 0.05) is 6.20 Å². The molecule has 0 saturated heterocycles. The first-order valence-corrected chi connectivity index (χ1v) is 7.38. The number of carbonyl (C=O) groups excluding carboxylic acids is 2. The molecule has 0 aliphatic heterocycles. The zero-order valence-corrected chi connectivity index (χ0v) is 12.2. The molecule has 0 saturated carbocycles. The molecule has 2 rings (SSSR count). The van der Waals surface area contributed by atoms with E-state index in [-0.39, 0.29) is 13.2 Å². The lowest BCUT2D eigenvalue weighted by Crippen LogP contribution is -2.28. The molecule has 0 spiro atoms. The second kappa shape index (κ2) is 7.49. The molecular formula is C14H14N2O4S. The molecule has 0 aromatic carbocycles. The molecule has 21 heavy (non-hydrogen) atoms. The Bertz CT molecular complexity index is 613. The maximum atomic E-state index is 11.9. The number of thioether (sulfide) groups is 1. The van der Waals surface area contributed by atoms with E-state index in [1.54, 1.807) is 30.5 Å². The minimum Gasteiger partial charge on any atom is -0.467 e. The van der Waals surface area contributed by atoms with Crippen LogP contribution >= 0.6 is 11.8 Å². The molecule has 0 aliphatic carbocycles. The largest absolute Gasteiger partial charge is 0.467 e. The van der Waals surface area contributed by atoms with Crippen molar-refractivity contribution in [2.45, 2.75) is 11.6 Å². The Morgan fingerprint density at radius 3 is 2.95 bits per heavy atom. The standard InChI is InChI=1S/C14H14N2O4S/c1-21-13-11(5-2-6-15-13)14(18)20-9-12(17)16-8-10-4-3-7-19-10/h2-7H,8-9H2,1H3,(H,16,17).